The molecule has 2 aromatic rings. The van der Waals surface area contributed by atoms with Crippen LogP contribution in [-0.2, 0) is 6.42 Å². The van der Waals surface area contributed by atoms with Gasteiger partial charge in [0.1, 0.15) is 24.2 Å². The molecular weight excluding hydrogens is 278 g/mol. The molecule has 3 rings (SSSR count). The van der Waals surface area contributed by atoms with Gasteiger partial charge in [0, 0.05) is 6.42 Å². The van der Waals surface area contributed by atoms with Crippen LogP contribution in [0.1, 0.15) is 23.7 Å². The molecule has 22 heavy (non-hydrogen) atoms. The van der Waals surface area contributed by atoms with Crippen LogP contribution in [0.2, 0.25) is 0 Å². The van der Waals surface area contributed by atoms with Crippen molar-refractivity contribution in [2.45, 2.75) is 25.0 Å². The Morgan fingerprint density at radius 2 is 2.09 bits per heavy atom. The second-order valence-electron chi connectivity index (χ2n) is 5.53. The van der Waals surface area contributed by atoms with Crippen molar-refractivity contribution < 1.29 is 14.6 Å². The summed E-state index contributed by atoms with van der Waals surface area (Å²) in [6.45, 7) is 0.950. The van der Waals surface area contributed by atoms with Crippen molar-refractivity contribution in [3.05, 3.63) is 59.7 Å². The normalized spacial score (nSPS) is 17.6. The number of hydrogen-bond donors (Lipinski definition) is 2. The molecular formula is C18H21NO3. The molecule has 1 heterocycles. The van der Waals surface area contributed by atoms with E-state index < -0.39 is 6.10 Å². The fourth-order valence-corrected chi connectivity index (χ4v) is 2.67. The van der Waals surface area contributed by atoms with Gasteiger partial charge in [-0.25, -0.2) is 0 Å². The fourth-order valence-electron chi connectivity index (χ4n) is 2.67. The number of ether oxygens (including phenoxy) is 2. The molecule has 2 atom stereocenters. The first-order valence-electron chi connectivity index (χ1n) is 7.61. The molecule has 0 bridgehead atoms. The van der Waals surface area contributed by atoms with Gasteiger partial charge >= 0.3 is 0 Å². The quantitative estimate of drug-likeness (QED) is 0.860. The highest BCUT2D eigenvalue weighted by Crippen LogP contribution is 2.28. The predicted octanol–water partition coefficient (Wildman–Crippen LogP) is 2.45. The van der Waals surface area contributed by atoms with Crippen LogP contribution in [0.3, 0.4) is 0 Å². The highest BCUT2D eigenvalue weighted by atomic mass is 16.5. The van der Waals surface area contributed by atoms with E-state index in [0.717, 1.165) is 23.5 Å². The molecule has 0 radical (unpaired) electrons. The lowest BCUT2D eigenvalue weighted by Gasteiger charge is -2.14. The molecule has 1 aliphatic heterocycles. The van der Waals surface area contributed by atoms with Crippen LogP contribution in [0.15, 0.2) is 48.5 Å². The molecule has 0 saturated carbocycles. The maximum Gasteiger partial charge on any atom is 0.137 e. The number of para-hydroxylation sites is 1. The second kappa shape index (κ2) is 6.81. The van der Waals surface area contributed by atoms with Crippen molar-refractivity contribution in [1.29, 1.82) is 0 Å². The summed E-state index contributed by atoms with van der Waals surface area (Å²) in [5.41, 5.74) is 7.54. The van der Waals surface area contributed by atoms with Crippen LogP contribution in [0.5, 0.6) is 11.5 Å². The second-order valence-corrected chi connectivity index (χ2v) is 5.53. The smallest absolute Gasteiger partial charge is 0.137 e. The topological polar surface area (TPSA) is 64.7 Å². The van der Waals surface area contributed by atoms with Gasteiger partial charge in [-0.1, -0.05) is 30.3 Å². The van der Waals surface area contributed by atoms with Crippen molar-refractivity contribution in [2.24, 2.45) is 5.73 Å². The van der Waals surface area contributed by atoms with Gasteiger partial charge < -0.3 is 20.3 Å². The Morgan fingerprint density at radius 3 is 2.91 bits per heavy atom. The Balaban J connectivity index is 1.57. The minimum absolute atomic E-state index is 0.0371. The van der Waals surface area contributed by atoms with Gasteiger partial charge in [0.15, 0.2) is 0 Å². The molecule has 0 aromatic heterocycles. The van der Waals surface area contributed by atoms with Gasteiger partial charge in [-0.15, -0.1) is 0 Å². The Labute approximate surface area is 130 Å². The van der Waals surface area contributed by atoms with Crippen molar-refractivity contribution in [2.75, 3.05) is 13.2 Å². The van der Waals surface area contributed by atoms with Crippen LogP contribution in [0.4, 0.5) is 0 Å². The minimum atomic E-state index is -0.541. The Kier molecular flexibility index (Phi) is 4.61. The summed E-state index contributed by atoms with van der Waals surface area (Å²) >= 11 is 0. The van der Waals surface area contributed by atoms with Crippen LogP contribution < -0.4 is 15.2 Å². The standard InChI is InChI=1S/C18H21NO3/c19-9-8-17(20)13-5-3-6-15(10-13)21-12-16-11-14-4-1-2-7-18(14)22-16/h1-7,10,16-17,20H,8-9,11-12,19H2/t16?,17-/m1/s1. The van der Waals surface area contributed by atoms with Gasteiger partial charge in [0.25, 0.3) is 0 Å². The number of fused-ring (bicyclic) bond motifs is 1. The summed E-state index contributed by atoms with van der Waals surface area (Å²) in [5, 5.41) is 9.98. The zero-order valence-electron chi connectivity index (χ0n) is 12.4. The molecule has 0 spiro atoms. The van der Waals surface area contributed by atoms with E-state index in [1.165, 1.54) is 5.56 Å². The van der Waals surface area contributed by atoms with E-state index >= 15 is 0 Å². The van der Waals surface area contributed by atoms with E-state index in [9.17, 15) is 5.11 Å². The molecule has 0 aliphatic carbocycles. The molecule has 0 saturated heterocycles. The zero-order chi connectivity index (χ0) is 15.4. The third kappa shape index (κ3) is 3.40. The van der Waals surface area contributed by atoms with E-state index in [1.807, 2.05) is 42.5 Å². The highest BCUT2D eigenvalue weighted by Gasteiger charge is 2.22. The van der Waals surface area contributed by atoms with Gasteiger partial charge in [0.05, 0.1) is 6.10 Å². The van der Waals surface area contributed by atoms with E-state index in [2.05, 4.69) is 6.07 Å². The molecule has 3 N–H and O–H groups in total. The summed E-state index contributed by atoms with van der Waals surface area (Å²) in [4.78, 5) is 0. The lowest BCUT2D eigenvalue weighted by molar-refractivity contribution is 0.147. The maximum absolute atomic E-state index is 9.98. The average Bonchev–Trinajstić information content (AvgIpc) is 2.96. The average molecular weight is 299 g/mol. The summed E-state index contributed by atoms with van der Waals surface area (Å²) < 4.78 is 11.7. The molecule has 4 nitrogen and oxygen atoms in total. The predicted molar refractivity (Wildman–Crippen MR) is 85.1 cm³/mol. The van der Waals surface area contributed by atoms with Gasteiger partial charge in [-0.05, 0) is 42.3 Å². The van der Waals surface area contributed by atoms with Crippen molar-refractivity contribution in [1.82, 2.24) is 0 Å². The lowest BCUT2D eigenvalue weighted by atomic mass is 10.1. The summed E-state index contributed by atoms with van der Waals surface area (Å²) in [6.07, 6.45) is 0.909. The Bertz CT molecular complexity index is 604. The lowest BCUT2D eigenvalue weighted by Crippen LogP contribution is -2.22. The Morgan fingerprint density at radius 1 is 1.23 bits per heavy atom. The van der Waals surface area contributed by atoms with Crippen molar-refractivity contribution >= 4 is 0 Å². The third-order valence-corrected chi connectivity index (χ3v) is 3.83. The summed E-state index contributed by atoms with van der Waals surface area (Å²) in [5.74, 6) is 1.69. The SMILES string of the molecule is NCC[C@@H](O)c1cccc(OCC2Cc3ccccc3O2)c1. The minimum Gasteiger partial charge on any atom is -0.490 e. The number of aliphatic hydroxyl groups is 1. The molecule has 116 valence electrons. The highest BCUT2D eigenvalue weighted by molar-refractivity contribution is 5.37. The van der Waals surface area contributed by atoms with E-state index in [0.29, 0.717) is 19.6 Å². The van der Waals surface area contributed by atoms with Crippen molar-refractivity contribution in [3.8, 4) is 11.5 Å². The largest absolute Gasteiger partial charge is 0.490 e. The fraction of sp³-hybridized carbons (Fsp3) is 0.333. The van der Waals surface area contributed by atoms with Crippen molar-refractivity contribution in [3.63, 3.8) is 0 Å². The number of aliphatic hydroxyl groups excluding tert-OH is 1. The van der Waals surface area contributed by atoms with Crippen LogP contribution in [-0.4, -0.2) is 24.4 Å². The number of nitrogens with two attached hydrogens (primary N) is 1. The van der Waals surface area contributed by atoms with E-state index in [1.54, 1.807) is 0 Å². The molecule has 4 heteroatoms. The van der Waals surface area contributed by atoms with Gasteiger partial charge in [-0.2, -0.15) is 0 Å². The summed E-state index contributed by atoms with van der Waals surface area (Å²) in [6, 6.07) is 15.6. The maximum atomic E-state index is 9.98. The number of hydrogen-bond acceptors (Lipinski definition) is 4. The van der Waals surface area contributed by atoms with Crippen LogP contribution in [0.25, 0.3) is 0 Å². The molecule has 2 aromatic carbocycles. The third-order valence-electron chi connectivity index (χ3n) is 3.83. The summed E-state index contributed by atoms with van der Waals surface area (Å²) in [7, 11) is 0. The molecule has 1 unspecified atom stereocenters. The monoisotopic (exact) mass is 299 g/mol. The Hall–Kier alpha value is -2.04. The number of rotatable bonds is 6. The first kappa shape index (κ1) is 14.9. The molecule has 0 fully saturated rings. The zero-order valence-corrected chi connectivity index (χ0v) is 12.4. The first-order chi connectivity index (χ1) is 10.8. The van der Waals surface area contributed by atoms with Gasteiger partial charge in [-0.3, -0.25) is 0 Å². The number of benzene rings is 2. The van der Waals surface area contributed by atoms with E-state index in [4.69, 9.17) is 15.2 Å². The van der Waals surface area contributed by atoms with Crippen LogP contribution in [0, 0.1) is 0 Å². The van der Waals surface area contributed by atoms with E-state index in [-0.39, 0.29) is 6.10 Å². The molecule has 0 amide bonds. The first-order valence-corrected chi connectivity index (χ1v) is 7.61. The van der Waals surface area contributed by atoms with Crippen LogP contribution >= 0.6 is 0 Å². The van der Waals surface area contributed by atoms with Gasteiger partial charge in [0.2, 0.25) is 0 Å². The molecule has 1 aliphatic rings.